The maximum atomic E-state index is 11.5. The van der Waals surface area contributed by atoms with Gasteiger partial charge in [0, 0.05) is 19.4 Å². The second-order valence-corrected chi connectivity index (χ2v) is 5.07. The Morgan fingerprint density at radius 3 is 2.33 bits per heavy atom. The fourth-order valence-corrected chi connectivity index (χ4v) is 1.75. The van der Waals surface area contributed by atoms with Gasteiger partial charge in [-0.25, -0.2) is 0 Å². The highest BCUT2D eigenvalue weighted by Crippen LogP contribution is 2.04. The van der Waals surface area contributed by atoms with Gasteiger partial charge in [0.05, 0.1) is 19.8 Å². The topological polar surface area (TPSA) is 64.6 Å². The summed E-state index contributed by atoms with van der Waals surface area (Å²) in [5.41, 5.74) is 0. The zero-order chi connectivity index (χ0) is 15.8. The largest absolute Gasteiger partial charge is 0.377 e. The molecule has 1 N–H and O–H groups in total. The van der Waals surface area contributed by atoms with Crippen LogP contribution < -0.4 is 5.32 Å². The Balaban J connectivity index is 3.19. The lowest BCUT2D eigenvalue weighted by atomic mass is 10.1. The third kappa shape index (κ3) is 15.3. The predicted octanol–water partition coefficient (Wildman–Crippen LogP) is 2.48. The van der Waals surface area contributed by atoms with Crippen molar-refractivity contribution in [2.24, 2.45) is 0 Å². The number of rotatable bonds is 15. The number of Topliss-reactive ketones (excluding diaryl/α,β-unsaturated/α-hetero) is 1. The molecule has 0 fully saturated rings. The van der Waals surface area contributed by atoms with Crippen LogP contribution >= 0.6 is 0 Å². The molecule has 0 bridgehead atoms. The average Bonchev–Trinajstić information content (AvgIpc) is 2.49. The molecule has 0 aliphatic rings. The van der Waals surface area contributed by atoms with Crippen LogP contribution in [0.25, 0.3) is 0 Å². The monoisotopic (exact) mass is 301 g/mol. The Kier molecular flexibility index (Phi) is 14.8. The van der Waals surface area contributed by atoms with Crippen LogP contribution in [-0.4, -0.2) is 44.7 Å². The minimum atomic E-state index is 0.0971. The Bertz CT molecular complexity index is 269. The van der Waals surface area contributed by atoms with E-state index < -0.39 is 0 Å². The molecule has 0 radical (unpaired) electrons. The van der Waals surface area contributed by atoms with E-state index in [4.69, 9.17) is 9.47 Å². The van der Waals surface area contributed by atoms with Gasteiger partial charge < -0.3 is 14.8 Å². The summed E-state index contributed by atoms with van der Waals surface area (Å²) in [6.07, 6.45) is 6.89. The van der Waals surface area contributed by atoms with Crippen LogP contribution in [0.2, 0.25) is 0 Å². The molecule has 0 aliphatic heterocycles. The molecule has 0 unspecified atom stereocenters. The second-order valence-electron chi connectivity index (χ2n) is 5.07. The van der Waals surface area contributed by atoms with E-state index in [2.05, 4.69) is 12.2 Å². The molecule has 0 aromatic rings. The van der Waals surface area contributed by atoms with Crippen molar-refractivity contribution in [1.29, 1.82) is 0 Å². The molecule has 0 aromatic heterocycles. The molecular weight excluding hydrogens is 270 g/mol. The first-order chi connectivity index (χ1) is 10.2. The van der Waals surface area contributed by atoms with Crippen molar-refractivity contribution in [1.82, 2.24) is 5.32 Å². The number of hydrogen-bond donors (Lipinski definition) is 1. The van der Waals surface area contributed by atoms with Gasteiger partial charge in [0.1, 0.15) is 6.61 Å². The first-order valence-electron chi connectivity index (χ1n) is 8.14. The lowest BCUT2D eigenvalue weighted by molar-refractivity contribution is -0.124. The minimum absolute atomic E-state index is 0.0971. The first kappa shape index (κ1) is 20.1. The van der Waals surface area contributed by atoms with Crippen molar-refractivity contribution in [3.05, 3.63) is 0 Å². The number of hydrogen-bond acceptors (Lipinski definition) is 4. The molecule has 0 rings (SSSR count). The van der Waals surface area contributed by atoms with Gasteiger partial charge >= 0.3 is 0 Å². The molecule has 124 valence electrons. The summed E-state index contributed by atoms with van der Waals surface area (Å²) in [4.78, 5) is 22.4. The van der Waals surface area contributed by atoms with Crippen LogP contribution in [0.15, 0.2) is 0 Å². The Morgan fingerprint density at radius 2 is 1.62 bits per heavy atom. The summed E-state index contributed by atoms with van der Waals surface area (Å²) in [6.45, 7) is 6.03. The molecule has 0 saturated carbocycles. The lowest BCUT2D eigenvalue weighted by Crippen LogP contribution is -2.27. The van der Waals surface area contributed by atoms with Crippen LogP contribution in [0.3, 0.4) is 0 Å². The first-order valence-corrected chi connectivity index (χ1v) is 8.14. The van der Waals surface area contributed by atoms with Crippen LogP contribution in [0.5, 0.6) is 0 Å². The zero-order valence-corrected chi connectivity index (χ0v) is 13.6. The van der Waals surface area contributed by atoms with E-state index >= 15 is 0 Å². The average molecular weight is 301 g/mol. The number of amides is 1. The summed E-state index contributed by atoms with van der Waals surface area (Å²) < 4.78 is 10.4. The molecule has 21 heavy (non-hydrogen) atoms. The summed E-state index contributed by atoms with van der Waals surface area (Å²) in [7, 11) is 0. The number of carbonyl (C=O) groups excluding carboxylic acids is 2. The summed E-state index contributed by atoms with van der Waals surface area (Å²) in [6, 6.07) is 0. The van der Waals surface area contributed by atoms with E-state index in [1.165, 1.54) is 19.3 Å². The molecule has 0 aromatic carbocycles. The van der Waals surface area contributed by atoms with Crippen molar-refractivity contribution < 1.29 is 19.1 Å². The van der Waals surface area contributed by atoms with E-state index in [-0.39, 0.29) is 18.3 Å². The van der Waals surface area contributed by atoms with Crippen LogP contribution in [0, 0.1) is 0 Å². The molecule has 0 spiro atoms. The summed E-state index contributed by atoms with van der Waals surface area (Å²) >= 11 is 0. The van der Waals surface area contributed by atoms with Gasteiger partial charge in [-0.1, -0.05) is 39.5 Å². The van der Waals surface area contributed by atoms with E-state index in [9.17, 15) is 9.59 Å². The maximum Gasteiger partial charge on any atom is 0.220 e. The predicted molar refractivity (Wildman–Crippen MR) is 83.3 cm³/mol. The lowest BCUT2D eigenvalue weighted by Gasteiger charge is -2.07. The van der Waals surface area contributed by atoms with Crippen molar-refractivity contribution in [2.45, 2.75) is 58.8 Å². The number of ether oxygens (including phenoxy) is 2. The van der Waals surface area contributed by atoms with Crippen molar-refractivity contribution in [3.63, 3.8) is 0 Å². The third-order valence-electron chi connectivity index (χ3n) is 3.11. The van der Waals surface area contributed by atoms with Gasteiger partial charge in [0.2, 0.25) is 5.91 Å². The van der Waals surface area contributed by atoms with Gasteiger partial charge in [0.25, 0.3) is 0 Å². The maximum absolute atomic E-state index is 11.5. The van der Waals surface area contributed by atoms with Crippen molar-refractivity contribution in [3.8, 4) is 0 Å². The molecule has 5 heteroatoms. The third-order valence-corrected chi connectivity index (χ3v) is 3.11. The molecule has 5 nitrogen and oxygen atoms in total. The van der Waals surface area contributed by atoms with E-state index in [0.29, 0.717) is 39.2 Å². The normalized spacial score (nSPS) is 10.6. The van der Waals surface area contributed by atoms with Gasteiger partial charge in [-0.05, 0) is 6.42 Å². The fourth-order valence-electron chi connectivity index (χ4n) is 1.75. The standard InChI is InChI=1S/C16H31NO4/c1-3-5-6-7-8-9-16(19)17-10-11-20-12-13-21-14-15(18)4-2/h3-14H2,1-2H3,(H,17,19). The number of nitrogens with one attached hydrogen (secondary N) is 1. The SMILES string of the molecule is CCCCCCCC(=O)NCCOCCOCC(=O)CC. The quantitative estimate of drug-likeness (QED) is 0.472. The van der Waals surface area contributed by atoms with E-state index in [1.807, 2.05) is 6.92 Å². The highest BCUT2D eigenvalue weighted by molar-refractivity contribution is 5.79. The van der Waals surface area contributed by atoms with E-state index in [1.54, 1.807) is 0 Å². The van der Waals surface area contributed by atoms with Crippen molar-refractivity contribution in [2.75, 3.05) is 33.0 Å². The second kappa shape index (κ2) is 15.4. The molecule has 0 aliphatic carbocycles. The number of carbonyl (C=O) groups is 2. The van der Waals surface area contributed by atoms with Gasteiger partial charge in [0.15, 0.2) is 5.78 Å². The van der Waals surface area contributed by atoms with Crippen LogP contribution in [0.1, 0.15) is 58.8 Å². The Labute approximate surface area is 128 Å². The Morgan fingerprint density at radius 1 is 0.905 bits per heavy atom. The van der Waals surface area contributed by atoms with Gasteiger partial charge in [-0.15, -0.1) is 0 Å². The van der Waals surface area contributed by atoms with Gasteiger partial charge in [-0.3, -0.25) is 9.59 Å². The minimum Gasteiger partial charge on any atom is -0.377 e. The smallest absolute Gasteiger partial charge is 0.220 e. The van der Waals surface area contributed by atoms with Crippen molar-refractivity contribution >= 4 is 11.7 Å². The highest BCUT2D eigenvalue weighted by Gasteiger charge is 2.00. The van der Waals surface area contributed by atoms with Gasteiger partial charge in [-0.2, -0.15) is 0 Å². The summed E-state index contributed by atoms with van der Waals surface area (Å²) in [5, 5.41) is 2.83. The molecular formula is C16H31NO4. The Hall–Kier alpha value is -0.940. The molecule has 1 amide bonds. The summed E-state index contributed by atoms with van der Waals surface area (Å²) in [5.74, 6) is 0.195. The number of ketones is 1. The number of unbranched alkanes of at least 4 members (excludes halogenated alkanes) is 4. The molecule has 0 saturated heterocycles. The molecule has 0 heterocycles. The molecule has 0 atom stereocenters. The highest BCUT2D eigenvalue weighted by atomic mass is 16.5. The zero-order valence-electron chi connectivity index (χ0n) is 13.6. The van der Waals surface area contributed by atoms with Crippen LogP contribution in [-0.2, 0) is 19.1 Å². The fraction of sp³-hybridized carbons (Fsp3) is 0.875. The van der Waals surface area contributed by atoms with E-state index in [0.717, 1.165) is 12.8 Å². The van der Waals surface area contributed by atoms with Crippen LogP contribution in [0.4, 0.5) is 0 Å².